The number of aryl methyl sites for hydroxylation is 1. The summed E-state index contributed by atoms with van der Waals surface area (Å²) in [6.07, 6.45) is 3.33. The van der Waals surface area contributed by atoms with Gasteiger partial charge >= 0.3 is 0 Å². The fourth-order valence-corrected chi connectivity index (χ4v) is 1.43. The molecule has 2 N–H and O–H groups in total. The van der Waals surface area contributed by atoms with Crippen molar-refractivity contribution in [1.82, 2.24) is 19.5 Å². The molecule has 72 valence electrons. The van der Waals surface area contributed by atoms with E-state index in [0.717, 1.165) is 5.69 Å². The first-order chi connectivity index (χ1) is 6.66. The predicted molar refractivity (Wildman–Crippen MR) is 54.4 cm³/mol. The van der Waals surface area contributed by atoms with Gasteiger partial charge in [-0.1, -0.05) is 0 Å². The molecule has 0 spiro atoms. The Morgan fingerprint density at radius 2 is 2.29 bits per heavy atom. The molecular weight excluding hydrogens is 200 g/mol. The van der Waals surface area contributed by atoms with Crippen molar-refractivity contribution in [3.05, 3.63) is 33.7 Å². The minimum atomic E-state index is -0.218. The van der Waals surface area contributed by atoms with Crippen molar-refractivity contribution in [2.75, 3.05) is 0 Å². The maximum absolute atomic E-state index is 11.1. The van der Waals surface area contributed by atoms with Crippen molar-refractivity contribution in [3.8, 4) is 11.4 Å². The Kier molecular flexibility index (Phi) is 2.05. The van der Waals surface area contributed by atoms with E-state index in [-0.39, 0.29) is 5.56 Å². The number of imidazole rings is 1. The van der Waals surface area contributed by atoms with Crippen molar-refractivity contribution in [1.29, 1.82) is 0 Å². The monoisotopic (exact) mass is 208 g/mol. The third-order valence-electron chi connectivity index (χ3n) is 1.85. The molecule has 2 heterocycles. The number of nitrogens with one attached hydrogen (secondary N) is 2. The summed E-state index contributed by atoms with van der Waals surface area (Å²) in [6, 6.07) is 1.45. The molecule has 2 rings (SSSR count). The quantitative estimate of drug-likeness (QED) is 0.682. The summed E-state index contributed by atoms with van der Waals surface area (Å²) in [7, 11) is 1.85. The maximum Gasteiger partial charge on any atom is 0.252 e. The third kappa shape index (κ3) is 1.51. The van der Waals surface area contributed by atoms with Crippen molar-refractivity contribution < 1.29 is 0 Å². The van der Waals surface area contributed by atoms with E-state index in [4.69, 9.17) is 12.2 Å². The Morgan fingerprint density at radius 1 is 1.50 bits per heavy atom. The van der Waals surface area contributed by atoms with Crippen molar-refractivity contribution in [3.63, 3.8) is 0 Å². The van der Waals surface area contributed by atoms with E-state index in [0.29, 0.717) is 10.5 Å². The molecule has 14 heavy (non-hydrogen) atoms. The lowest BCUT2D eigenvalue weighted by Crippen LogP contribution is -2.07. The van der Waals surface area contributed by atoms with Gasteiger partial charge in [0.05, 0.1) is 23.9 Å². The fourth-order valence-electron chi connectivity index (χ4n) is 1.22. The number of hydrogen-bond acceptors (Lipinski definition) is 3. The highest BCUT2D eigenvalue weighted by molar-refractivity contribution is 7.71. The zero-order valence-corrected chi connectivity index (χ0v) is 8.26. The lowest BCUT2D eigenvalue weighted by Gasteiger charge is -2.00. The van der Waals surface area contributed by atoms with Gasteiger partial charge in [0.15, 0.2) is 4.77 Å². The zero-order valence-electron chi connectivity index (χ0n) is 7.44. The molecule has 0 amide bonds. The molecule has 0 aromatic carbocycles. The SMILES string of the molecule is Cn1cncc1-c1cc(=O)[nH]c(=S)[nH]1. The van der Waals surface area contributed by atoms with Crippen LogP contribution in [0.25, 0.3) is 11.4 Å². The van der Waals surface area contributed by atoms with Crippen LogP contribution in [0.15, 0.2) is 23.4 Å². The average molecular weight is 208 g/mol. The average Bonchev–Trinajstić information content (AvgIpc) is 2.49. The van der Waals surface area contributed by atoms with Crippen LogP contribution >= 0.6 is 12.2 Å². The highest BCUT2D eigenvalue weighted by atomic mass is 32.1. The van der Waals surface area contributed by atoms with Gasteiger partial charge in [0.2, 0.25) is 0 Å². The lowest BCUT2D eigenvalue weighted by molar-refractivity contribution is 0.912. The van der Waals surface area contributed by atoms with Crippen molar-refractivity contribution in [2.45, 2.75) is 0 Å². The van der Waals surface area contributed by atoms with Crippen LogP contribution in [0.1, 0.15) is 0 Å². The number of aromatic amines is 2. The number of nitrogens with zero attached hydrogens (tertiary/aromatic N) is 2. The van der Waals surface area contributed by atoms with Crippen LogP contribution in [0, 0.1) is 4.77 Å². The largest absolute Gasteiger partial charge is 0.333 e. The van der Waals surface area contributed by atoms with E-state index in [1.807, 2.05) is 7.05 Å². The normalized spacial score (nSPS) is 10.4. The molecule has 0 radical (unpaired) electrons. The van der Waals surface area contributed by atoms with Gasteiger partial charge < -0.3 is 9.55 Å². The van der Waals surface area contributed by atoms with Crippen LogP contribution < -0.4 is 5.56 Å². The summed E-state index contributed by atoms with van der Waals surface area (Å²) in [6.45, 7) is 0. The summed E-state index contributed by atoms with van der Waals surface area (Å²) in [5.74, 6) is 0. The van der Waals surface area contributed by atoms with Gasteiger partial charge in [-0.2, -0.15) is 0 Å². The Bertz CT molecular complexity index is 537. The second-order valence-electron chi connectivity index (χ2n) is 2.89. The second kappa shape index (κ2) is 3.22. The second-order valence-corrected chi connectivity index (χ2v) is 3.30. The smallest absolute Gasteiger partial charge is 0.252 e. The fraction of sp³-hybridized carbons (Fsp3) is 0.125. The molecule has 0 saturated heterocycles. The summed E-state index contributed by atoms with van der Waals surface area (Å²) in [4.78, 5) is 20.5. The molecule has 0 aliphatic heterocycles. The van der Waals surface area contributed by atoms with Gasteiger partial charge in [-0.05, 0) is 12.2 Å². The first kappa shape index (κ1) is 8.89. The first-order valence-electron chi connectivity index (χ1n) is 3.97. The van der Waals surface area contributed by atoms with Crippen LogP contribution in [0.2, 0.25) is 0 Å². The minimum Gasteiger partial charge on any atom is -0.333 e. The predicted octanol–water partition coefficient (Wildman–Crippen LogP) is 0.833. The van der Waals surface area contributed by atoms with Gasteiger partial charge in [0.1, 0.15) is 0 Å². The summed E-state index contributed by atoms with van der Waals surface area (Å²) in [5.41, 5.74) is 1.27. The molecule has 0 unspecified atom stereocenters. The summed E-state index contributed by atoms with van der Waals surface area (Å²) < 4.78 is 2.12. The molecule has 2 aromatic heterocycles. The van der Waals surface area contributed by atoms with E-state index in [2.05, 4.69) is 15.0 Å². The van der Waals surface area contributed by atoms with E-state index in [1.165, 1.54) is 6.07 Å². The van der Waals surface area contributed by atoms with Crippen molar-refractivity contribution >= 4 is 12.2 Å². The topological polar surface area (TPSA) is 66.5 Å². The van der Waals surface area contributed by atoms with Crippen LogP contribution in [-0.4, -0.2) is 19.5 Å². The molecule has 0 aliphatic carbocycles. The molecular formula is C8H8N4OS. The Balaban J connectivity index is 2.69. The molecule has 0 saturated carbocycles. The Labute approximate surface area is 84.5 Å². The van der Waals surface area contributed by atoms with Gasteiger partial charge in [-0.25, -0.2) is 4.98 Å². The van der Waals surface area contributed by atoms with Gasteiger partial charge in [-0.3, -0.25) is 9.78 Å². The number of H-pyrrole nitrogens is 2. The summed E-state index contributed by atoms with van der Waals surface area (Å²) in [5, 5.41) is 0. The first-order valence-corrected chi connectivity index (χ1v) is 4.38. The Morgan fingerprint density at radius 3 is 2.86 bits per heavy atom. The van der Waals surface area contributed by atoms with Crippen LogP contribution in [0.5, 0.6) is 0 Å². The molecule has 5 nitrogen and oxygen atoms in total. The summed E-state index contributed by atoms with van der Waals surface area (Å²) >= 11 is 4.86. The third-order valence-corrected chi connectivity index (χ3v) is 2.06. The molecule has 0 atom stereocenters. The van der Waals surface area contributed by atoms with Crippen LogP contribution in [-0.2, 0) is 7.05 Å². The molecule has 0 fully saturated rings. The number of hydrogen-bond donors (Lipinski definition) is 2. The standard InChI is InChI=1S/C8H8N4OS/c1-12-4-9-3-6(12)5-2-7(13)11-8(14)10-5/h2-4H,1H3,(H2,10,11,13,14). The van der Waals surface area contributed by atoms with Crippen LogP contribution in [0.3, 0.4) is 0 Å². The van der Waals surface area contributed by atoms with E-state index in [9.17, 15) is 4.79 Å². The zero-order chi connectivity index (χ0) is 10.1. The molecule has 2 aromatic rings. The maximum atomic E-state index is 11.1. The van der Waals surface area contributed by atoms with Gasteiger partial charge in [0, 0.05) is 13.1 Å². The van der Waals surface area contributed by atoms with Gasteiger partial charge in [0.25, 0.3) is 5.56 Å². The number of rotatable bonds is 1. The van der Waals surface area contributed by atoms with Crippen molar-refractivity contribution in [2.24, 2.45) is 7.05 Å². The van der Waals surface area contributed by atoms with E-state index in [1.54, 1.807) is 17.1 Å². The highest BCUT2D eigenvalue weighted by Gasteiger charge is 2.02. The molecule has 0 aliphatic rings. The lowest BCUT2D eigenvalue weighted by atomic mass is 10.3. The Hall–Kier alpha value is -1.69. The van der Waals surface area contributed by atoms with E-state index < -0.39 is 0 Å². The van der Waals surface area contributed by atoms with E-state index >= 15 is 0 Å². The van der Waals surface area contributed by atoms with Gasteiger partial charge in [-0.15, -0.1) is 0 Å². The molecule has 6 heteroatoms. The van der Waals surface area contributed by atoms with Crippen LogP contribution in [0.4, 0.5) is 0 Å². The minimum absolute atomic E-state index is 0.218. The highest BCUT2D eigenvalue weighted by Crippen LogP contribution is 2.11. The molecule has 0 bridgehead atoms. The number of aromatic nitrogens is 4.